The summed E-state index contributed by atoms with van der Waals surface area (Å²) in [5.74, 6) is -1.16. The predicted octanol–water partition coefficient (Wildman–Crippen LogP) is 1.80. The molecule has 2 rings (SSSR count). The number of aromatic nitrogens is 1. The van der Waals surface area contributed by atoms with Crippen LogP contribution in [0.3, 0.4) is 0 Å². The molecule has 4 heteroatoms. The zero-order chi connectivity index (χ0) is 12.6. The van der Waals surface area contributed by atoms with Gasteiger partial charge in [-0.25, -0.2) is 4.79 Å². The summed E-state index contributed by atoms with van der Waals surface area (Å²) in [5, 5.41) is 9.98. The van der Waals surface area contributed by atoms with Crippen LogP contribution in [0.2, 0.25) is 0 Å². The Bertz CT molecular complexity index is 655. The maximum Gasteiger partial charge on any atom is 0.341 e. The van der Waals surface area contributed by atoms with Crippen molar-refractivity contribution in [2.45, 2.75) is 13.3 Å². The largest absolute Gasteiger partial charge is 0.477 e. The van der Waals surface area contributed by atoms with Crippen LogP contribution in [0.15, 0.2) is 29.1 Å². The highest BCUT2D eigenvalue weighted by atomic mass is 16.4. The van der Waals surface area contributed by atoms with Gasteiger partial charge in [-0.2, -0.15) is 0 Å². The van der Waals surface area contributed by atoms with E-state index in [0.29, 0.717) is 12.0 Å². The molecule has 0 unspecified atom stereocenters. The molecule has 0 atom stereocenters. The van der Waals surface area contributed by atoms with Gasteiger partial charge in [-0.3, -0.25) is 4.79 Å². The SMILES string of the molecule is CCc1c(C(=O)O)c(=O)n(C)c2ccccc12. The summed E-state index contributed by atoms with van der Waals surface area (Å²) in [5.41, 5.74) is 0.803. The number of para-hydroxylation sites is 1. The minimum Gasteiger partial charge on any atom is -0.477 e. The number of carboxylic acid groups (broad SMARTS) is 1. The molecule has 0 amide bonds. The average Bonchev–Trinajstić information content (AvgIpc) is 2.33. The third-order valence-electron chi connectivity index (χ3n) is 2.98. The van der Waals surface area contributed by atoms with Crippen molar-refractivity contribution in [3.05, 3.63) is 45.7 Å². The van der Waals surface area contributed by atoms with Crippen molar-refractivity contribution >= 4 is 16.9 Å². The van der Waals surface area contributed by atoms with Gasteiger partial charge in [0.25, 0.3) is 5.56 Å². The Kier molecular flexibility index (Phi) is 2.71. The molecule has 0 saturated carbocycles. The molecule has 4 nitrogen and oxygen atoms in total. The second kappa shape index (κ2) is 4.05. The Balaban J connectivity index is 3.06. The molecular weight excluding hydrogens is 218 g/mol. The Morgan fingerprint density at radius 3 is 2.59 bits per heavy atom. The number of hydrogen-bond acceptors (Lipinski definition) is 2. The first kappa shape index (κ1) is 11.4. The number of aromatic carboxylic acids is 1. The van der Waals surface area contributed by atoms with Crippen LogP contribution in [0.4, 0.5) is 0 Å². The number of carboxylic acids is 1. The molecule has 1 aromatic carbocycles. The molecule has 1 heterocycles. The fraction of sp³-hybridized carbons (Fsp3) is 0.231. The molecule has 2 aromatic rings. The van der Waals surface area contributed by atoms with Gasteiger partial charge in [0.2, 0.25) is 0 Å². The van der Waals surface area contributed by atoms with E-state index in [9.17, 15) is 9.59 Å². The summed E-state index contributed by atoms with van der Waals surface area (Å²) in [4.78, 5) is 23.2. The van der Waals surface area contributed by atoms with Crippen LogP contribution in [-0.2, 0) is 13.5 Å². The number of fused-ring (bicyclic) bond motifs is 1. The van der Waals surface area contributed by atoms with Gasteiger partial charge in [0, 0.05) is 12.4 Å². The topological polar surface area (TPSA) is 59.3 Å². The monoisotopic (exact) mass is 231 g/mol. The highest BCUT2D eigenvalue weighted by molar-refractivity contribution is 5.96. The van der Waals surface area contributed by atoms with Crippen LogP contribution in [-0.4, -0.2) is 15.6 Å². The zero-order valence-corrected chi connectivity index (χ0v) is 9.73. The quantitative estimate of drug-likeness (QED) is 0.857. The first-order chi connectivity index (χ1) is 8.07. The Hall–Kier alpha value is -2.10. The first-order valence-electron chi connectivity index (χ1n) is 5.41. The molecule has 0 aliphatic rings. The summed E-state index contributed by atoms with van der Waals surface area (Å²) < 4.78 is 1.39. The highest BCUT2D eigenvalue weighted by Gasteiger charge is 2.18. The fourth-order valence-corrected chi connectivity index (χ4v) is 2.15. The average molecular weight is 231 g/mol. The van der Waals surface area contributed by atoms with Crippen LogP contribution in [0, 0.1) is 0 Å². The van der Waals surface area contributed by atoms with E-state index in [2.05, 4.69) is 0 Å². The van der Waals surface area contributed by atoms with Crippen molar-refractivity contribution in [2.75, 3.05) is 0 Å². The Morgan fingerprint density at radius 2 is 2.00 bits per heavy atom. The maximum atomic E-state index is 12.0. The number of carbonyl (C=O) groups is 1. The van der Waals surface area contributed by atoms with Crippen molar-refractivity contribution < 1.29 is 9.90 Å². The number of pyridine rings is 1. The van der Waals surface area contributed by atoms with E-state index in [1.807, 2.05) is 31.2 Å². The lowest BCUT2D eigenvalue weighted by atomic mass is 10.0. The van der Waals surface area contributed by atoms with E-state index in [1.54, 1.807) is 7.05 Å². The van der Waals surface area contributed by atoms with Gasteiger partial charge >= 0.3 is 5.97 Å². The molecule has 0 radical (unpaired) electrons. The van der Waals surface area contributed by atoms with Gasteiger partial charge in [-0.15, -0.1) is 0 Å². The van der Waals surface area contributed by atoms with Crippen LogP contribution in [0.5, 0.6) is 0 Å². The molecule has 1 N–H and O–H groups in total. The van der Waals surface area contributed by atoms with E-state index in [1.165, 1.54) is 4.57 Å². The van der Waals surface area contributed by atoms with E-state index in [4.69, 9.17) is 5.11 Å². The predicted molar refractivity (Wildman–Crippen MR) is 65.5 cm³/mol. The Morgan fingerprint density at radius 1 is 1.35 bits per heavy atom. The fourth-order valence-electron chi connectivity index (χ4n) is 2.15. The van der Waals surface area contributed by atoms with Gasteiger partial charge in [-0.1, -0.05) is 25.1 Å². The third-order valence-corrected chi connectivity index (χ3v) is 2.98. The Labute approximate surface area is 98.1 Å². The van der Waals surface area contributed by atoms with Crippen molar-refractivity contribution in [3.8, 4) is 0 Å². The first-order valence-corrected chi connectivity index (χ1v) is 5.41. The zero-order valence-electron chi connectivity index (χ0n) is 9.73. The van der Waals surface area contributed by atoms with Crippen molar-refractivity contribution in [3.63, 3.8) is 0 Å². The molecule has 0 bridgehead atoms. The summed E-state index contributed by atoms with van der Waals surface area (Å²) in [6.07, 6.45) is 0.526. The summed E-state index contributed by atoms with van der Waals surface area (Å²) in [7, 11) is 1.59. The van der Waals surface area contributed by atoms with Crippen molar-refractivity contribution in [1.82, 2.24) is 4.57 Å². The van der Waals surface area contributed by atoms with Crippen molar-refractivity contribution in [1.29, 1.82) is 0 Å². The van der Waals surface area contributed by atoms with E-state index in [-0.39, 0.29) is 5.56 Å². The van der Waals surface area contributed by atoms with Crippen LogP contribution in [0.1, 0.15) is 22.8 Å². The lowest BCUT2D eigenvalue weighted by Gasteiger charge is -2.11. The number of nitrogens with zero attached hydrogens (tertiary/aromatic N) is 1. The standard InChI is InChI=1S/C13H13NO3/c1-3-8-9-6-4-5-7-10(9)14(2)12(15)11(8)13(16)17/h4-7H,3H2,1-2H3,(H,16,17). The molecule has 17 heavy (non-hydrogen) atoms. The van der Waals surface area contributed by atoms with Gasteiger partial charge in [-0.05, 0) is 18.1 Å². The van der Waals surface area contributed by atoms with Crippen LogP contribution < -0.4 is 5.56 Å². The van der Waals surface area contributed by atoms with Gasteiger partial charge in [0.05, 0.1) is 5.52 Å². The lowest BCUT2D eigenvalue weighted by Crippen LogP contribution is -2.26. The van der Waals surface area contributed by atoms with Gasteiger partial charge in [0.15, 0.2) is 0 Å². The van der Waals surface area contributed by atoms with Crippen LogP contribution in [0.25, 0.3) is 10.9 Å². The molecule has 0 spiro atoms. The second-order valence-electron chi connectivity index (χ2n) is 3.89. The molecule has 0 fully saturated rings. The molecule has 1 aromatic heterocycles. The van der Waals surface area contributed by atoms with Crippen LogP contribution >= 0.6 is 0 Å². The molecule has 88 valence electrons. The second-order valence-corrected chi connectivity index (χ2v) is 3.89. The number of benzene rings is 1. The molecule has 0 saturated heterocycles. The van der Waals surface area contributed by atoms with Gasteiger partial charge in [0.1, 0.15) is 5.56 Å². The molecule has 0 aliphatic carbocycles. The third kappa shape index (κ3) is 1.62. The molecule has 0 aliphatic heterocycles. The maximum absolute atomic E-state index is 12.0. The summed E-state index contributed by atoms with van der Waals surface area (Å²) in [6, 6.07) is 7.35. The molecular formula is C13H13NO3. The van der Waals surface area contributed by atoms with E-state index < -0.39 is 11.5 Å². The normalized spacial score (nSPS) is 10.7. The summed E-state index contributed by atoms with van der Waals surface area (Å²) in [6.45, 7) is 1.85. The minimum atomic E-state index is -1.16. The van der Waals surface area contributed by atoms with E-state index in [0.717, 1.165) is 10.9 Å². The van der Waals surface area contributed by atoms with Gasteiger partial charge < -0.3 is 9.67 Å². The summed E-state index contributed by atoms with van der Waals surface area (Å²) >= 11 is 0. The lowest BCUT2D eigenvalue weighted by molar-refractivity contribution is 0.0693. The highest BCUT2D eigenvalue weighted by Crippen LogP contribution is 2.20. The number of hydrogen-bond donors (Lipinski definition) is 1. The smallest absolute Gasteiger partial charge is 0.341 e. The number of aryl methyl sites for hydroxylation is 2. The number of rotatable bonds is 2. The van der Waals surface area contributed by atoms with Crippen molar-refractivity contribution in [2.24, 2.45) is 7.05 Å². The van der Waals surface area contributed by atoms with E-state index >= 15 is 0 Å². The minimum absolute atomic E-state index is 0.117.